The first-order valence-electron chi connectivity index (χ1n) is 7.81. The Balaban J connectivity index is 0.00000312. The van der Waals surface area contributed by atoms with Crippen molar-refractivity contribution in [2.45, 2.75) is 26.7 Å². The number of halogens is 3. The van der Waals surface area contributed by atoms with E-state index in [9.17, 15) is 8.78 Å². The molecule has 0 bridgehead atoms. The Morgan fingerprint density at radius 2 is 1.84 bits per heavy atom. The summed E-state index contributed by atoms with van der Waals surface area (Å²) in [6, 6.07) is 3.47. The fourth-order valence-electron chi connectivity index (χ4n) is 2.44. The zero-order valence-electron chi connectivity index (χ0n) is 14.5. The number of hydrogen-bond donors (Lipinski definition) is 2. The normalized spacial score (nSPS) is 11.2. The molecule has 25 heavy (non-hydrogen) atoms. The molecule has 0 aliphatic carbocycles. The second-order valence-corrected chi connectivity index (χ2v) is 5.46. The van der Waals surface area contributed by atoms with Crippen LogP contribution in [0.25, 0.3) is 0 Å². The summed E-state index contributed by atoms with van der Waals surface area (Å²) in [7, 11) is 1.66. The summed E-state index contributed by atoms with van der Waals surface area (Å²) < 4.78 is 31.8. The van der Waals surface area contributed by atoms with Crippen LogP contribution in [0.15, 0.2) is 27.7 Å². The van der Waals surface area contributed by atoms with Crippen molar-refractivity contribution in [2.24, 2.45) is 4.99 Å². The minimum atomic E-state index is -0.437. The van der Waals surface area contributed by atoms with Gasteiger partial charge < -0.3 is 15.2 Å². The highest BCUT2D eigenvalue weighted by atomic mass is 127. The Morgan fingerprint density at radius 1 is 1.16 bits per heavy atom. The van der Waals surface area contributed by atoms with Gasteiger partial charge in [0.1, 0.15) is 17.4 Å². The zero-order chi connectivity index (χ0) is 17.5. The molecule has 5 nitrogen and oxygen atoms in total. The van der Waals surface area contributed by atoms with Gasteiger partial charge in [0.25, 0.3) is 0 Å². The first-order valence-corrected chi connectivity index (χ1v) is 7.81. The van der Waals surface area contributed by atoms with E-state index in [0.29, 0.717) is 31.0 Å². The van der Waals surface area contributed by atoms with Crippen molar-refractivity contribution in [3.8, 4) is 0 Å². The van der Waals surface area contributed by atoms with E-state index in [0.717, 1.165) is 35.6 Å². The van der Waals surface area contributed by atoms with Crippen LogP contribution in [0.1, 0.15) is 22.6 Å². The Hall–Kier alpha value is -1.71. The van der Waals surface area contributed by atoms with Gasteiger partial charge in [0.05, 0.1) is 5.69 Å². The predicted octanol–water partition coefficient (Wildman–Crippen LogP) is 3.14. The largest absolute Gasteiger partial charge is 0.361 e. The van der Waals surface area contributed by atoms with Crippen LogP contribution in [0.3, 0.4) is 0 Å². The van der Waals surface area contributed by atoms with Crippen LogP contribution in [0.4, 0.5) is 8.78 Å². The third kappa shape index (κ3) is 6.26. The Labute approximate surface area is 163 Å². The van der Waals surface area contributed by atoms with E-state index in [-0.39, 0.29) is 24.0 Å². The Morgan fingerprint density at radius 3 is 2.44 bits per heavy atom. The number of aliphatic imine (C=N–C) groups is 1. The summed E-state index contributed by atoms with van der Waals surface area (Å²) in [4.78, 5) is 4.11. The molecule has 0 saturated carbocycles. The number of rotatable bonds is 6. The molecule has 8 heteroatoms. The summed E-state index contributed by atoms with van der Waals surface area (Å²) >= 11 is 0. The van der Waals surface area contributed by atoms with E-state index in [1.807, 2.05) is 13.8 Å². The molecular formula is C17H23F2IN4O. The molecule has 1 heterocycles. The van der Waals surface area contributed by atoms with E-state index in [1.54, 1.807) is 7.05 Å². The molecule has 1 aromatic heterocycles. The van der Waals surface area contributed by atoms with Gasteiger partial charge >= 0.3 is 0 Å². The fraction of sp³-hybridized carbons (Fsp3) is 0.412. The predicted molar refractivity (Wildman–Crippen MR) is 105 cm³/mol. The molecular weight excluding hydrogens is 441 g/mol. The maximum atomic E-state index is 13.6. The minimum Gasteiger partial charge on any atom is -0.361 e. The van der Waals surface area contributed by atoms with Crippen LogP contribution < -0.4 is 10.6 Å². The highest BCUT2D eigenvalue weighted by molar-refractivity contribution is 14.0. The van der Waals surface area contributed by atoms with E-state index in [4.69, 9.17) is 4.52 Å². The number of benzene rings is 1. The van der Waals surface area contributed by atoms with Crippen molar-refractivity contribution in [2.75, 3.05) is 20.1 Å². The van der Waals surface area contributed by atoms with Crippen molar-refractivity contribution >= 4 is 29.9 Å². The van der Waals surface area contributed by atoms with Crippen molar-refractivity contribution in [1.82, 2.24) is 15.8 Å². The lowest BCUT2D eigenvalue weighted by Gasteiger charge is -2.12. The molecule has 2 rings (SSSR count). The number of hydrogen-bond acceptors (Lipinski definition) is 3. The van der Waals surface area contributed by atoms with Crippen LogP contribution in [-0.2, 0) is 12.8 Å². The number of guanidine groups is 1. The molecule has 0 amide bonds. The number of nitrogens with zero attached hydrogens (tertiary/aromatic N) is 2. The van der Waals surface area contributed by atoms with Crippen molar-refractivity contribution in [1.29, 1.82) is 0 Å². The summed E-state index contributed by atoms with van der Waals surface area (Å²) in [6.45, 7) is 4.91. The van der Waals surface area contributed by atoms with Crippen LogP contribution >= 0.6 is 24.0 Å². The molecule has 0 fully saturated rings. The molecule has 0 saturated heterocycles. The summed E-state index contributed by atoms with van der Waals surface area (Å²) in [5, 5.41) is 10.2. The summed E-state index contributed by atoms with van der Waals surface area (Å²) in [5.41, 5.74) is 2.31. The molecule has 2 N–H and O–H groups in total. The number of nitrogens with one attached hydrogen (secondary N) is 2. The average molecular weight is 464 g/mol. The van der Waals surface area contributed by atoms with Gasteiger partial charge in [-0.15, -0.1) is 24.0 Å². The van der Waals surface area contributed by atoms with Gasteiger partial charge in [0.2, 0.25) is 0 Å². The molecule has 0 atom stereocenters. The molecule has 1 aromatic carbocycles. The molecule has 0 aliphatic heterocycles. The maximum absolute atomic E-state index is 13.6. The quantitative estimate of drug-likeness (QED) is 0.392. The first kappa shape index (κ1) is 21.3. The van der Waals surface area contributed by atoms with E-state index in [1.165, 1.54) is 6.07 Å². The smallest absolute Gasteiger partial charge is 0.190 e. The second-order valence-electron chi connectivity index (χ2n) is 5.46. The Kier molecular flexibility index (Phi) is 8.81. The molecule has 138 valence electrons. The lowest BCUT2D eigenvalue weighted by molar-refractivity contribution is 0.392. The number of aryl methyl sites for hydroxylation is 2. The van der Waals surface area contributed by atoms with Crippen LogP contribution in [0.2, 0.25) is 0 Å². The third-order valence-corrected chi connectivity index (χ3v) is 3.77. The molecule has 0 aliphatic rings. The van der Waals surface area contributed by atoms with Crippen LogP contribution in [0.5, 0.6) is 0 Å². The van der Waals surface area contributed by atoms with Gasteiger partial charge in [-0.3, -0.25) is 4.99 Å². The highest BCUT2D eigenvalue weighted by Gasteiger charge is 2.09. The zero-order valence-corrected chi connectivity index (χ0v) is 16.9. The monoisotopic (exact) mass is 464 g/mol. The first-order chi connectivity index (χ1) is 11.5. The van der Waals surface area contributed by atoms with E-state index >= 15 is 0 Å². The molecule has 0 spiro atoms. The summed E-state index contributed by atoms with van der Waals surface area (Å²) in [5.74, 6) is 0.588. The molecule has 0 unspecified atom stereocenters. The molecule has 2 aromatic rings. The third-order valence-electron chi connectivity index (χ3n) is 3.77. The number of aromatic nitrogens is 1. The fourth-order valence-corrected chi connectivity index (χ4v) is 2.44. The maximum Gasteiger partial charge on any atom is 0.190 e. The van der Waals surface area contributed by atoms with Crippen molar-refractivity contribution < 1.29 is 13.3 Å². The standard InChI is InChI=1S/C17H22F2N4O.HI/c1-11-15(12(2)24-23-11)7-9-22-17(20-3)21-8-6-13-10-14(18)4-5-16(13)19;/h4-5,10H,6-9H2,1-3H3,(H2,20,21,22);1H. The van der Waals surface area contributed by atoms with Gasteiger partial charge in [-0.25, -0.2) is 8.78 Å². The lowest BCUT2D eigenvalue weighted by Crippen LogP contribution is -2.39. The topological polar surface area (TPSA) is 62.5 Å². The molecule has 0 radical (unpaired) electrons. The Bertz CT molecular complexity index is 699. The van der Waals surface area contributed by atoms with Crippen molar-refractivity contribution in [3.63, 3.8) is 0 Å². The van der Waals surface area contributed by atoms with E-state index < -0.39 is 11.6 Å². The van der Waals surface area contributed by atoms with Gasteiger partial charge in [0, 0.05) is 25.7 Å². The van der Waals surface area contributed by atoms with Crippen LogP contribution in [0, 0.1) is 25.5 Å². The summed E-state index contributed by atoms with van der Waals surface area (Å²) in [6.07, 6.45) is 1.13. The average Bonchev–Trinajstić information content (AvgIpc) is 2.88. The minimum absolute atomic E-state index is 0. The lowest BCUT2D eigenvalue weighted by atomic mass is 10.1. The van der Waals surface area contributed by atoms with Gasteiger partial charge in [-0.1, -0.05) is 5.16 Å². The van der Waals surface area contributed by atoms with Crippen LogP contribution in [-0.4, -0.2) is 31.3 Å². The second kappa shape index (κ2) is 10.3. The van der Waals surface area contributed by atoms with Gasteiger partial charge in [-0.2, -0.15) is 0 Å². The SMILES string of the molecule is CN=C(NCCc1cc(F)ccc1F)NCCc1c(C)noc1C.I. The van der Waals surface area contributed by atoms with Crippen molar-refractivity contribution in [3.05, 3.63) is 52.4 Å². The van der Waals surface area contributed by atoms with Gasteiger partial charge in [0.15, 0.2) is 5.96 Å². The van der Waals surface area contributed by atoms with Gasteiger partial charge in [-0.05, 0) is 50.5 Å². The highest BCUT2D eigenvalue weighted by Crippen LogP contribution is 2.12. The van der Waals surface area contributed by atoms with E-state index in [2.05, 4.69) is 20.8 Å².